The van der Waals surface area contributed by atoms with Crippen LogP contribution in [0.15, 0.2) is 28.9 Å². The van der Waals surface area contributed by atoms with Crippen molar-refractivity contribution in [3.05, 3.63) is 35.6 Å². The fourth-order valence-corrected chi connectivity index (χ4v) is 1.65. The van der Waals surface area contributed by atoms with E-state index in [-0.39, 0.29) is 23.1 Å². The smallest absolute Gasteiger partial charge is 0.420 e. The van der Waals surface area contributed by atoms with Gasteiger partial charge < -0.3 is 9.15 Å². The van der Waals surface area contributed by atoms with Crippen molar-refractivity contribution in [2.24, 2.45) is 0 Å². The summed E-state index contributed by atoms with van der Waals surface area (Å²) in [4.78, 5) is 11.6. The molecule has 0 radical (unpaired) electrons. The van der Waals surface area contributed by atoms with Crippen LogP contribution < -0.4 is 0 Å². The normalized spacial score (nSPS) is 11.8. The van der Waals surface area contributed by atoms with Crippen molar-refractivity contribution in [1.29, 1.82) is 0 Å². The van der Waals surface area contributed by atoms with Gasteiger partial charge in [0.1, 0.15) is 23.0 Å². The summed E-state index contributed by atoms with van der Waals surface area (Å²) >= 11 is 0. The summed E-state index contributed by atoms with van der Waals surface area (Å²) in [6.45, 7) is 1.75. The Morgan fingerprint density at radius 1 is 1.39 bits per heavy atom. The Bertz CT molecular complexity index is 584. The molecule has 0 N–H and O–H groups in total. The van der Waals surface area contributed by atoms with Crippen LogP contribution in [0.5, 0.6) is 0 Å². The lowest BCUT2D eigenvalue weighted by Gasteiger charge is -2.04. The van der Waals surface area contributed by atoms with E-state index in [0.29, 0.717) is 6.26 Å². The fourth-order valence-electron chi connectivity index (χ4n) is 1.65. The molecule has 0 aliphatic rings. The van der Waals surface area contributed by atoms with Gasteiger partial charge in [-0.1, -0.05) is 12.1 Å². The van der Waals surface area contributed by atoms with E-state index in [2.05, 4.69) is 0 Å². The average Bonchev–Trinajstić information content (AvgIpc) is 2.72. The van der Waals surface area contributed by atoms with E-state index in [1.54, 1.807) is 6.92 Å². The highest BCUT2D eigenvalue weighted by molar-refractivity contribution is 6.02. The highest BCUT2D eigenvalue weighted by Crippen LogP contribution is 2.37. The van der Waals surface area contributed by atoms with Crippen LogP contribution in [0.4, 0.5) is 13.2 Å². The van der Waals surface area contributed by atoms with Crippen molar-refractivity contribution in [3.8, 4) is 0 Å². The number of fused-ring (bicyclic) bond motifs is 1. The summed E-state index contributed by atoms with van der Waals surface area (Å²) in [6, 6.07) is 3.98. The summed E-state index contributed by atoms with van der Waals surface area (Å²) in [6.07, 6.45) is -3.91. The summed E-state index contributed by atoms with van der Waals surface area (Å²) in [5.41, 5.74) is -1.02. The number of hydrogen-bond acceptors (Lipinski definition) is 3. The molecule has 2 rings (SSSR count). The molecule has 1 aromatic heterocycles. The van der Waals surface area contributed by atoms with Gasteiger partial charge >= 0.3 is 12.1 Å². The largest absolute Gasteiger partial charge is 0.463 e. The van der Waals surface area contributed by atoms with E-state index >= 15 is 0 Å². The van der Waals surface area contributed by atoms with Crippen molar-refractivity contribution < 1.29 is 27.1 Å². The number of esters is 1. The molecule has 1 heterocycles. The molecule has 0 aliphatic heterocycles. The van der Waals surface area contributed by atoms with Gasteiger partial charge in [0, 0.05) is 5.39 Å². The molecule has 96 valence electrons. The molecule has 2 aromatic rings. The van der Waals surface area contributed by atoms with Gasteiger partial charge in [-0.15, -0.1) is 0 Å². The molecule has 0 spiro atoms. The molecule has 0 aliphatic carbocycles. The van der Waals surface area contributed by atoms with Gasteiger partial charge in [0.05, 0.1) is 6.61 Å². The van der Waals surface area contributed by atoms with E-state index in [1.165, 1.54) is 18.2 Å². The summed E-state index contributed by atoms with van der Waals surface area (Å²) in [5.74, 6) is -0.703. The van der Waals surface area contributed by atoms with Gasteiger partial charge in [-0.25, -0.2) is 4.79 Å². The third kappa shape index (κ3) is 2.05. The number of benzene rings is 1. The molecule has 0 saturated heterocycles. The van der Waals surface area contributed by atoms with Gasteiger partial charge in [-0.3, -0.25) is 0 Å². The Balaban J connectivity index is 2.59. The minimum Gasteiger partial charge on any atom is -0.463 e. The van der Waals surface area contributed by atoms with Crippen LogP contribution in [0.3, 0.4) is 0 Å². The number of para-hydroxylation sites is 1. The minimum atomic E-state index is -4.52. The molecule has 0 fully saturated rings. The number of ether oxygens (including phenoxy) is 1. The van der Waals surface area contributed by atoms with Gasteiger partial charge in [-0.2, -0.15) is 13.2 Å². The highest BCUT2D eigenvalue weighted by atomic mass is 19.4. The van der Waals surface area contributed by atoms with Gasteiger partial charge in [0.2, 0.25) is 0 Å². The maximum absolute atomic E-state index is 12.7. The van der Waals surface area contributed by atoms with E-state index in [9.17, 15) is 18.0 Å². The maximum atomic E-state index is 12.7. The number of halogens is 3. The van der Waals surface area contributed by atoms with E-state index in [0.717, 1.165) is 0 Å². The minimum absolute atomic E-state index is 0.00940. The number of hydrogen-bond donors (Lipinski definition) is 0. The number of carbonyl (C=O) groups excluding carboxylic acids is 1. The maximum Gasteiger partial charge on any atom is 0.420 e. The van der Waals surface area contributed by atoms with Crippen LogP contribution >= 0.6 is 0 Å². The third-order valence-corrected chi connectivity index (χ3v) is 2.40. The molecule has 0 bridgehead atoms. The highest BCUT2D eigenvalue weighted by Gasteiger charge is 2.35. The van der Waals surface area contributed by atoms with Gasteiger partial charge in [-0.05, 0) is 13.0 Å². The quantitative estimate of drug-likeness (QED) is 0.772. The van der Waals surface area contributed by atoms with Gasteiger partial charge in [0.25, 0.3) is 0 Å². The van der Waals surface area contributed by atoms with Crippen LogP contribution in [0.1, 0.15) is 22.8 Å². The zero-order valence-corrected chi connectivity index (χ0v) is 9.38. The van der Waals surface area contributed by atoms with Crippen LogP contribution in [0.2, 0.25) is 0 Å². The summed E-state index contributed by atoms with van der Waals surface area (Å²) in [5, 5.41) is -0.145. The average molecular weight is 258 g/mol. The zero-order chi connectivity index (χ0) is 13.3. The van der Waals surface area contributed by atoms with Crippen molar-refractivity contribution >= 4 is 16.9 Å². The Kier molecular flexibility index (Phi) is 3.02. The molecule has 18 heavy (non-hydrogen) atoms. The lowest BCUT2D eigenvalue weighted by molar-refractivity contribution is -0.136. The molecule has 1 aromatic carbocycles. The van der Waals surface area contributed by atoms with Gasteiger partial charge in [0.15, 0.2) is 0 Å². The molecule has 6 heteroatoms. The zero-order valence-electron chi connectivity index (χ0n) is 9.38. The first kappa shape index (κ1) is 12.5. The monoisotopic (exact) mass is 258 g/mol. The van der Waals surface area contributed by atoms with Crippen molar-refractivity contribution in [1.82, 2.24) is 0 Å². The lowest BCUT2D eigenvalue weighted by atomic mass is 10.1. The standard InChI is InChI=1S/C12H9F3O3/c1-2-17-11(16)8-5-3-4-7-9(12(13,14)15)6-18-10(7)8/h3-6H,2H2,1H3. The second-order valence-corrected chi connectivity index (χ2v) is 3.55. The predicted octanol–water partition coefficient (Wildman–Crippen LogP) is 3.63. The van der Waals surface area contributed by atoms with Crippen LogP contribution in [-0.2, 0) is 10.9 Å². The number of furan rings is 1. The van der Waals surface area contributed by atoms with E-state index in [4.69, 9.17) is 9.15 Å². The Hall–Kier alpha value is -1.98. The first-order chi connectivity index (χ1) is 8.45. The second kappa shape index (κ2) is 4.36. The van der Waals surface area contributed by atoms with Crippen molar-refractivity contribution in [3.63, 3.8) is 0 Å². The van der Waals surface area contributed by atoms with Crippen molar-refractivity contribution in [2.75, 3.05) is 6.61 Å². The third-order valence-electron chi connectivity index (χ3n) is 2.40. The van der Waals surface area contributed by atoms with Crippen molar-refractivity contribution in [2.45, 2.75) is 13.1 Å². The molecular formula is C12H9F3O3. The molecule has 0 amide bonds. The Morgan fingerprint density at radius 2 is 2.11 bits per heavy atom. The van der Waals surface area contributed by atoms with Crippen LogP contribution in [0.25, 0.3) is 11.0 Å². The molecular weight excluding hydrogens is 249 g/mol. The van der Waals surface area contributed by atoms with E-state index in [1.807, 2.05) is 0 Å². The molecule has 0 unspecified atom stereocenters. The fraction of sp³-hybridized carbons (Fsp3) is 0.250. The Labute approximate surface area is 100 Å². The molecule has 3 nitrogen and oxygen atoms in total. The lowest BCUT2D eigenvalue weighted by Crippen LogP contribution is -2.06. The van der Waals surface area contributed by atoms with Crippen LogP contribution in [0, 0.1) is 0 Å². The summed E-state index contributed by atoms with van der Waals surface area (Å²) in [7, 11) is 0. The predicted molar refractivity (Wildman–Crippen MR) is 57.2 cm³/mol. The first-order valence-corrected chi connectivity index (χ1v) is 5.19. The summed E-state index contributed by atoms with van der Waals surface area (Å²) < 4.78 is 47.6. The molecule has 0 atom stereocenters. The number of rotatable bonds is 2. The molecule has 0 saturated carbocycles. The SMILES string of the molecule is CCOC(=O)c1cccc2c(C(F)(F)F)coc12. The number of alkyl halides is 3. The van der Waals surface area contributed by atoms with Crippen LogP contribution in [-0.4, -0.2) is 12.6 Å². The second-order valence-electron chi connectivity index (χ2n) is 3.55. The Morgan fingerprint density at radius 3 is 2.72 bits per heavy atom. The first-order valence-electron chi connectivity index (χ1n) is 5.19. The number of carbonyl (C=O) groups is 1. The van der Waals surface area contributed by atoms with E-state index < -0.39 is 17.7 Å². The topological polar surface area (TPSA) is 39.4 Å².